The number of rotatable bonds is 6. The Balaban J connectivity index is 1.60. The third kappa shape index (κ3) is 4.40. The van der Waals surface area contributed by atoms with E-state index in [2.05, 4.69) is 38.9 Å². The van der Waals surface area contributed by atoms with E-state index in [0.29, 0.717) is 16.9 Å². The Morgan fingerprint density at radius 3 is 2.48 bits per heavy atom. The molecule has 1 atom stereocenters. The van der Waals surface area contributed by atoms with E-state index in [-0.39, 0.29) is 17.9 Å². The minimum Gasteiger partial charge on any atom is -0.370 e. The van der Waals surface area contributed by atoms with Gasteiger partial charge in [-0.15, -0.1) is 0 Å². The Labute approximate surface area is 180 Å². The maximum atomic E-state index is 12.7. The van der Waals surface area contributed by atoms with E-state index in [1.807, 2.05) is 42.7 Å². The fourth-order valence-corrected chi connectivity index (χ4v) is 3.66. The van der Waals surface area contributed by atoms with Crippen LogP contribution in [0.3, 0.4) is 0 Å². The molecule has 0 fully saturated rings. The largest absolute Gasteiger partial charge is 0.370 e. The van der Waals surface area contributed by atoms with Crippen molar-refractivity contribution >= 4 is 34.3 Å². The molecule has 0 saturated carbocycles. The number of benzene rings is 3. The number of nitrogens with two attached hydrogens (primary N) is 2. The van der Waals surface area contributed by atoms with Crippen molar-refractivity contribution in [1.29, 1.82) is 0 Å². The van der Waals surface area contributed by atoms with Crippen molar-refractivity contribution in [2.75, 3.05) is 5.32 Å². The molecular weight excluding hydrogens is 388 g/mol. The lowest BCUT2D eigenvalue weighted by Crippen LogP contribution is -2.21. The van der Waals surface area contributed by atoms with E-state index in [0.717, 1.165) is 17.5 Å². The van der Waals surface area contributed by atoms with Crippen LogP contribution >= 0.6 is 0 Å². The second kappa shape index (κ2) is 8.71. The number of nitrogens with one attached hydrogen (secondary N) is 1. The number of hydrogen-bond donors (Lipinski definition) is 3. The van der Waals surface area contributed by atoms with Gasteiger partial charge in [0.1, 0.15) is 0 Å². The molecule has 3 aromatic carbocycles. The van der Waals surface area contributed by atoms with E-state index in [4.69, 9.17) is 11.5 Å². The number of aliphatic imine (C=N–C) groups is 1. The lowest BCUT2D eigenvalue weighted by Gasteiger charge is -2.18. The number of fused-ring (bicyclic) bond motifs is 1. The topological polar surface area (TPSA) is 111 Å². The molecule has 156 valence electrons. The highest BCUT2D eigenvalue weighted by Gasteiger charge is 2.15. The summed E-state index contributed by atoms with van der Waals surface area (Å²) in [7, 11) is 0. The molecule has 4 rings (SSSR count). The van der Waals surface area contributed by atoms with E-state index in [1.54, 1.807) is 24.3 Å². The molecule has 0 spiro atoms. The van der Waals surface area contributed by atoms with Gasteiger partial charge in [0.2, 0.25) is 0 Å². The summed E-state index contributed by atoms with van der Waals surface area (Å²) >= 11 is 0. The average Bonchev–Trinajstić information content (AvgIpc) is 3.18. The first-order chi connectivity index (χ1) is 15.0. The highest BCUT2D eigenvalue weighted by Crippen LogP contribution is 2.28. The van der Waals surface area contributed by atoms with Crippen molar-refractivity contribution in [2.45, 2.75) is 19.4 Å². The molecule has 0 saturated heterocycles. The summed E-state index contributed by atoms with van der Waals surface area (Å²) in [4.78, 5) is 21.2. The fraction of sp³-hybridized carbons (Fsp3) is 0.125. The van der Waals surface area contributed by atoms with Crippen molar-refractivity contribution < 1.29 is 4.79 Å². The van der Waals surface area contributed by atoms with Gasteiger partial charge < -0.3 is 21.4 Å². The van der Waals surface area contributed by atoms with Gasteiger partial charge in [-0.25, -0.2) is 9.98 Å². The van der Waals surface area contributed by atoms with Gasteiger partial charge in [-0.2, -0.15) is 0 Å². The normalized spacial score (nSPS) is 11.8. The van der Waals surface area contributed by atoms with Crippen molar-refractivity contribution in [3.8, 4) is 0 Å². The number of aromatic nitrogens is 2. The summed E-state index contributed by atoms with van der Waals surface area (Å²) in [5.41, 5.74) is 15.6. The van der Waals surface area contributed by atoms with Gasteiger partial charge >= 0.3 is 0 Å². The van der Waals surface area contributed by atoms with E-state index < -0.39 is 0 Å². The molecule has 1 amide bonds. The minimum atomic E-state index is -0.211. The average molecular weight is 412 g/mol. The Hall–Kier alpha value is -4.13. The number of nitrogens with zero attached hydrogens (tertiary/aromatic N) is 3. The van der Waals surface area contributed by atoms with E-state index >= 15 is 0 Å². The third-order valence-corrected chi connectivity index (χ3v) is 5.13. The van der Waals surface area contributed by atoms with Gasteiger partial charge in [-0.05, 0) is 54.4 Å². The van der Waals surface area contributed by atoms with Crippen molar-refractivity contribution in [3.63, 3.8) is 0 Å². The number of carbonyl (C=O) groups is 1. The molecule has 1 unspecified atom stereocenters. The van der Waals surface area contributed by atoms with Crippen molar-refractivity contribution in [2.24, 2.45) is 16.5 Å². The van der Waals surface area contributed by atoms with Gasteiger partial charge in [0.15, 0.2) is 5.96 Å². The van der Waals surface area contributed by atoms with Crippen molar-refractivity contribution in [1.82, 2.24) is 9.55 Å². The summed E-state index contributed by atoms with van der Waals surface area (Å²) < 4.78 is 2.16. The number of guanidine groups is 1. The zero-order valence-electron chi connectivity index (χ0n) is 17.2. The van der Waals surface area contributed by atoms with Crippen molar-refractivity contribution in [3.05, 3.63) is 90.3 Å². The van der Waals surface area contributed by atoms with Gasteiger partial charge in [-0.3, -0.25) is 4.79 Å². The van der Waals surface area contributed by atoms with Crippen LogP contribution in [0, 0.1) is 0 Å². The minimum absolute atomic E-state index is 0.0250. The first kappa shape index (κ1) is 20.2. The maximum Gasteiger partial charge on any atom is 0.255 e. The van der Waals surface area contributed by atoms with Gasteiger partial charge in [0.25, 0.3) is 5.91 Å². The molecule has 0 aliphatic rings. The molecule has 0 aliphatic carbocycles. The summed E-state index contributed by atoms with van der Waals surface area (Å²) in [6.07, 6.45) is 2.79. The summed E-state index contributed by atoms with van der Waals surface area (Å²) in [5, 5.41) is 2.96. The van der Waals surface area contributed by atoms with Gasteiger partial charge in [-0.1, -0.05) is 37.3 Å². The molecule has 0 aliphatic heterocycles. The quantitative estimate of drug-likeness (QED) is 0.326. The predicted molar refractivity (Wildman–Crippen MR) is 124 cm³/mol. The molecule has 7 heteroatoms. The summed E-state index contributed by atoms with van der Waals surface area (Å²) in [6.45, 7) is 2.15. The van der Waals surface area contributed by atoms with Crippen LogP contribution < -0.4 is 16.8 Å². The number of hydrogen-bond acceptors (Lipinski definition) is 3. The summed E-state index contributed by atoms with van der Waals surface area (Å²) in [5.74, 6) is -0.236. The van der Waals surface area contributed by atoms with E-state index in [1.165, 1.54) is 5.56 Å². The molecule has 1 aromatic heterocycles. The van der Waals surface area contributed by atoms with Crippen LogP contribution in [0.1, 0.15) is 35.3 Å². The van der Waals surface area contributed by atoms with Crippen LogP contribution in [0.5, 0.6) is 0 Å². The van der Waals surface area contributed by atoms with Crippen LogP contribution in [0.4, 0.5) is 11.4 Å². The van der Waals surface area contributed by atoms with E-state index in [9.17, 15) is 4.79 Å². The highest BCUT2D eigenvalue weighted by molar-refractivity contribution is 6.05. The predicted octanol–water partition coefficient (Wildman–Crippen LogP) is 4.19. The molecule has 1 heterocycles. The standard InChI is InChI=1S/C24H24N6O/c1-2-21(16-6-4-3-5-7-16)30-15-27-20-13-12-19(14-22(20)30)28-23(31)17-8-10-18(11-9-17)29-24(25)26/h3-15,21H,2H2,1H3,(H,28,31)(H4,25,26,29). The lowest BCUT2D eigenvalue weighted by molar-refractivity contribution is 0.102. The zero-order valence-corrected chi connectivity index (χ0v) is 17.2. The Bertz CT molecular complexity index is 1220. The smallest absolute Gasteiger partial charge is 0.255 e. The molecule has 5 N–H and O–H groups in total. The number of anilines is 1. The van der Waals surface area contributed by atoms with Gasteiger partial charge in [0.05, 0.1) is 29.1 Å². The first-order valence-electron chi connectivity index (χ1n) is 10.1. The molecule has 31 heavy (non-hydrogen) atoms. The monoisotopic (exact) mass is 412 g/mol. The van der Waals surface area contributed by atoms with Crippen LogP contribution in [0.25, 0.3) is 11.0 Å². The van der Waals surface area contributed by atoms with Crippen LogP contribution in [0.15, 0.2) is 84.1 Å². The lowest BCUT2D eigenvalue weighted by atomic mass is 10.0. The number of carbonyl (C=O) groups excluding carboxylic acids is 1. The molecule has 7 nitrogen and oxygen atoms in total. The fourth-order valence-electron chi connectivity index (χ4n) is 3.66. The second-order valence-corrected chi connectivity index (χ2v) is 7.23. The van der Waals surface area contributed by atoms with Gasteiger partial charge in [0, 0.05) is 11.3 Å². The zero-order chi connectivity index (χ0) is 21.8. The summed E-state index contributed by atoms with van der Waals surface area (Å²) in [6, 6.07) is 23.0. The Kier molecular flexibility index (Phi) is 5.66. The molecular formula is C24H24N6O. The SMILES string of the molecule is CCC(c1ccccc1)n1cnc2ccc(NC(=O)c3ccc(N=C(N)N)cc3)cc21. The van der Waals surface area contributed by atoms with Crippen LogP contribution in [0.2, 0.25) is 0 Å². The molecule has 0 bridgehead atoms. The first-order valence-corrected chi connectivity index (χ1v) is 10.1. The Morgan fingerprint density at radius 2 is 1.81 bits per heavy atom. The third-order valence-electron chi connectivity index (χ3n) is 5.13. The Morgan fingerprint density at radius 1 is 1.06 bits per heavy atom. The maximum absolute atomic E-state index is 12.7. The number of amides is 1. The van der Waals surface area contributed by atoms with Crippen LogP contribution in [-0.2, 0) is 0 Å². The van der Waals surface area contributed by atoms with Crippen LogP contribution in [-0.4, -0.2) is 21.4 Å². The second-order valence-electron chi connectivity index (χ2n) is 7.23. The highest BCUT2D eigenvalue weighted by atomic mass is 16.1. The molecule has 0 radical (unpaired) electrons. The molecule has 4 aromatic rings. The number of imidazole rings is 1.